The Morgan fingerprint density at radius 1 is 1.36 bits per heavy atom. The quantitative estimate of drug-likeness (QED) is 0.804. The number of aryl methyl sites for hydroxylation is 1. The van der Waals surface area contributed by atoms with E-state index in [0.29, 0.717) is 13.1 Å². The lowest BCUT2D eigenvalue weighted by molar-refractivity contribution is 0.254. The second-order valence-electron chi connectivity index (χ2n) is 6.60. The molecule has 0 saturated heterocycles. The van der Waals surface area contributed by atoms with E-state index < -0.39 is 0 Å². The van der Waals surface area contributed by atoms with E-state index in [1.54, 1.807) is 7.11 Å². The zero-order valence-corrected chi connectivity index (χ0v) is 15.4. The van der Waals surface area contributed by atoms with Crippen molar-refractivity contribution in [2.24, 2.45) is 0 Å². The predicted octanol–water partition coefficient (Wildman–Crippen LogP) is 2.11. The fraction of sp³-hybridized carbons (Fsp3) is 0.526. The molecule has 0 spiro atoms. The maximum atomic E-state index is 9.12. The largest absolute Gasteiger partial charge is 0.496 e. The van der Waals surface area contributed by atoms with Gasteiger partial charge in [0.15, 0.2) is 0 Å². The number of rotatable bonds is 7. The average Bonchev–Trinajstić information content (AvgIpc) is 3.07. The molecule has 1 aliphatic rings. The van der Waals surface area contributed by atoms with Gasteiger partial charge in [-0.3, -0.25) is 4.68 Å². The Bertz CT molecular complexity index is 755. The van der Waals surface area contributed by atoms with E-state index in [9.17, 15) is 0 Å². The van der Waals surface area contributed by atoms with E-state index in [4.69, 9.17) is 14.6 Å². The van der Waals surface area contributed by atoms with Crippen LogP contribution < -0.4 is 14.8 Å². The minimum atomic E-state index is 0.0968. The van der Waals surface area contributed by atoms with Crippen LogP contribution in [0.1, 0.15) is 35.0 Å². The van der Waals surface area contributed by atoms with Crippen LogP contribution in [-0.4, -0.2) is 34.7 Å². The van der Waals surface area contributed by atoms with Crippen LogP contribution in [-0.2, 0) is 26.1 Å². The number of ether oxygens (including phenoxy) is 2. The maximum Gasteiger partial charge on any atom is 0.123 e. The van der Waals surface area contributed by atoms with Gasteiger partial charge in [0.25, 0.3) is 0 Å². The van der Waals surface area contributed by atoms with Crippen LogP contribution in [0.5, 0.6) is 11.5 Å². The van der Waals surface area contributed by atoms with Gasteiger partial charge in [0.2, 0.25) is 0 Å². The van der Waals surface area contributed by atoms with Gasteiger partial charge in [-0.15, -0.1) is 0 Å². The molecule has 6 heteroatoms. The third-order valence-corrected chi connectivity index (χ3v) is 4.76. The van der Waals surface area contributed by atoms with Gasteiger partial charge in [-0.05, 0) is 32.9 Å². The van der Waals surface area contributed by atoms with E-state index in [-0.39, 0.29) is 12.7 Å². The summed E-state index contributed by atoms with van der Waals surface area (Å²) in [5.41, 5.74) is 5.57. The highest BCUT2D eigenvalue weighted by atomic mass is 16.5. The Balaban J connectivity index is 1.70. The van der Waals surface area contributed by atoms with Crippen molar-refractivity contribution >= 4 is 0 Å². The first-order valence-corrected chi connectivity index (χ1v) is 8.74. The van der Waals surface area contributed by atoms with Gasteiger partial charge in [-0.25, -0.2) is 0 Å². The summed E-state index contributed by atoms with van der Waals surface area (Å²) >= 11 is 0. The summed E-state index contributed by atoms with van der Waals surface area (Å²) in [7, 11) is 1.71. The van der Waals surface area contributed by atoms with Gasteiger partial charge < -0.3 is 19.9 Å². The molecule has 1 unspecified atom stereocenters. The molecule has 0 bridgehead atoms. The Morgan fingerprint density at radius 3 is 2.88 bits per heavy atom. The molecule has 1 aromatic carbocycles. The molecule has 0 saturated carbocycles. The summed E-state index contributed by atoms with van der Waals surface area (Å²) < 4.78 is 13.3. The lowest BCUT2D eigenvalue weighted by atomic mass is 10.1. The monoisotopic (exact) mass is 345 g/mol. The lowest BCUT2D eigenvalue weighted by Crippen LogP contribution is -2.15. The van der Waals surface area contributed by atoms with E-state index in [1.807, 2.05) is 18.5 Å². The molecule has 0 fully saturated rings. The van der Waals surface area contributed by atoms with Crippen molar-refractivity contribution in [2.75, 3.05) is 13.7 Å². The van der Waals surface area contributed by atoms with Gasteiger partial charge in [-0.2, -0.15) is 5.10 Å². The standard InChI is InChI=1S/C19H27N3O3/c1-12-7-15-8-18(24-4)16(9-19(15)25-12)10-20-11-17-13(2)21-22(5-6-23)14(17)3/h8-9,12,20,23H,5-7,10-11H2,1-4H3. The number of benzene rings is 1. The first-order valence-electron chi connectivity index (χ1n) is 8.74. The second-order valence-corrected chi connectivity index (χ2v) is 6.60. The average molecular weight is 345 g/mol. The normalized spacial score (nSPS) is 16.0. The molecule has 2 aromatic rings. The third-order valence-electron chi connectivity index (χ3n) is 4.76. The molecule has 25 heavy (non-hydrogen) atoms. The zero-order chi connectivity index (χ0) is 18.0. The molecule has 0 amide bonds. The summed E-state index contributed by atoms with van der Waals surface area (Å²) in [5.74, 6) is 1.86. The Kier molecular flexibility index (Phi) is 5.30. The lowest BCUT2D eigenvalue weighted by Gasteiger charge is -2.12. The molecule has 1 aliphatic heterocycles. The van der Waals surface area contributed by atoms with Gasteiger partial charge >= 0.3 is 0 Å². The summed E-state index contributed by atoms with van der Waals surface area (Å²) in [5, 5.41) is 17.1. The predicted molar refractivity (Wildman–Crippen MR) is 96.1 cm³/mol. The Hall–Kier alpha value is -2.05. The first-order chi connectivity index (χ1) is 12.0. The van der Waals surface area contributed by atoms with Crippen molar-refractivity contribution in [1.82, 2.24) is 15.1 Å². The van der Waals surface area contributed by atoms with E-state index in [0.717, 1.165) is 41.4 Å². The molecule has 2 N–H and O–H groups in total. The number of aliphatic hydroxyl groups is 1. The molecule has 0 aliphatic carbocycles. The van der Waals surface area contributed by atoms with Crippen LogP contribution in [0.25, 0.3) is 0 Å². The first kappa shape index (κ1) is 17.8. The van der Waals surface area contributed by atoms with Crippen molar-refractivity contribution in [2.45, 2.75) is 52.9 Å². The third kappa shape index (κ3) is 3.65. The summed E-state index contributed by atoms with van der Waals surface area (Å²) in [6, 6.07) is 4.17. The Morgan fingerprint density at radius 2 is 2.16 bits per heavy atom. The van der Waals surface area contributed by atoms with E-state index in [2.05, 4.69) is 29.5 Å². The van der Waals surface area contributed by atoms with Crippen molar-refractivity contribution in [3.05, 3.63) is 40.2 Å². The highest BCUT2D eigenvalue weighted by Gasteiger charge is 2.21. The van der Waals surface area contributed by atoms with Crippen LogP contribution in [0.2, 0.25) is 0 Å². The van der Waals surface area contributed by atoms with E-state index >= 15 is 0 Å². The van der Waals surface area contributed by atoms with Gasteiger partial charge in [0.05, 0.1) is 26.0 Å². The maximum absolute atomic E-state index is 9.12. The molecule has 2 heterocycles. The van der Waals surface area contributed by atoms with Gasteiger partial charge in [0.1, 0.15) is 17.6 Å². The Labute approximate surface area is 148 Å². The minimum Gasteiger partial charge on any atom is -0.496 e. The smallest absolute Gasteiger partial charge is 0.123 e. The van der Waals surface area contributed by atoms with Crippen molar-refractivity contribution in [1.29, 1.82) is 0 Å². The molecule has 1 atom stereocenters. The number of aromatic nitrogens is 2. The number of nitrogens with one attached hydrogen (secondary N) is 1. The van der Waals surface area contributed by atoms with Crippen molar-refractivity contribution in [3.63, 3.8) is 0 Å². The number of hydrogen-bond acceptors (Lipinski definition) is 5. The number of hydrogen-bond donors (Lipinski definition) is 2. The topological polar surface area (TPSA) is 68.5 Å². The second kappa shape index (κ2) is 7.45. The molecule has 6 nitrogen and oxygen atoms in total. The van der Waals surface area contributed by atoms with Crippen molar-refractivity contribution < 1.29 is 14.6 Å². The molecular formula is C19H27N3O3. The summed E-state index contributed by atoms with van der Waals surface area (Å²) in [4.78, 5) is 0. The van der Waals surface area contributed by atoms with E-state index in [1.165, 1.54) is 11.1 Å². The zero-order valence-electron chi connectivity index (χ0n) is 15.4. The van der Waals surface area contributed by atoms with Crippen LogP contribution in [0.4, 0.5) is 0 Å². The number of aliphatic hydroxyl groups excluding tert-OH is 1. The fourth-order valence-electron chi connectivity index (χ4n) is 3.43. The summed E-state index contributed by atoms with van der Waals surface area (Å²) in [6.45, 7) is 8.17. The molecule has 0 radical (unpaired) electrons. The van der Waals surface area contributed by atoms with Crippen LogP contribution in [0.15, 0.2) is 12.1 Å². The fourth-order valence-corrected chi connectivity index (χ4v) is 3.43. The highest BCUT2D eigenvalue weighted by Crippen LogP contribution is 2.35. The number of nitrogens with zero attached hydrogens (tertiary/aromatic N) is 2. The van der Waals surface area contributed by atoms with Gasteiger partial charge in [0, 0.05) is 41.9 Å². The van der Waals surface area contributed by atoms with Crippen molar-refractivity contribution in [3.8, 4) is 11.5 Å². The molecular weight excluding hydrogens is 318 g/mol. The molecule has 3 rings (SSSR count). The highest BCUT2D eigenvalue weighted by molar-refractivity contribution is 5.48. The number of fused-ring (bicyclic) bond motifs is 1. The van der Waals surface area contributed by atoms with Crippen LogP contribution in [0, 0.1) is 13.8 Å². The minimum absolute atomic E-state index is 0.0968. The molecule has 1 aromatic heterocycles. The SMILES string of the molecule is COc1cc2c(cc1CNCc1c(C)nn(CCO)c1C)OC(C)C2. The molecule has 136 valence electrons. The van der Waals surface area contributed by atoms with Crippen LogP contribution in [0.3, 0.4) is 0 Å². The number of methoxy groups -OCH3 is 1. The van der Waals surface area contributed by atoms with Gasteiger partial charge in [-0.1, -0.05) is 0 Å². The van der Waals surface area contributed by atoms with Crippen LogP contribution >= 0.6 is 0 Å². The summed E-state index contributed by atoms with van der Waals surface area (Å²) in [6.07, 6.45) is 1.16.